The van der Waals surface area contributed by atoms with E-state index in [1.54, 1.807) is 12.1 Å². The predicted molar refractivity (Wildman–Crippen MR) is 116 cm³/mol. The largest absolute Gasteiger partial charge is 0.391 e. The van der Waals surface area contributed by atoms with Gasteiger partial charge in [0.05, 0.1) is 21.8 Å². The number of aliphatic hydroxyl groups excluding tert-OH is 1. The fraction of sp³-hybridized carbons (Fsp3) is 0.522. The average Bonchev–Trinajstić information content (AvgIpc) is 2.62. The molecule has 1 aliphatic heterocycles. The Bertz CT molecular complexity index is 856. The molecule has 1 aromatic carbocycles. The van der Waals surface area contributed by atoms with E-state index in [2.05, 4.69) is 13.0 Å². The molecule has 0 amide bonds. The lowest BCUT2D eigenvalue weighted by molar-refractivity contribution is -0.128. The number of ketones is 1. The van der Waals surface area contributed by atoms with E-state index in [-0.39, 0.29) is 16.7 Å². The molecule has 1 fully saturated rings. The lowest BCUT2D eigenvalue weighted by Crippen LogP contribution is -2.56. The number of carbonyl (C=O) groups excluding carboxylic acids is 1. The summed E-state index contributed by atoms with van der Waals surface area (Å²) in [5, 5.41) is 11.2. The van der Waals surface area contributed by atoms with Crippen LogP contribution in [0.25, 0.3) is 5.57 Å². The van der Waals surface area contributed by atoms with Gasteiger partial charge in [0.25, 0.3) is 0 Å². The molecule has 0 spiro atoms. The normalized spacial score (nSPS) is 29.3. The van der Waals surface area contributed by atoms with E-state index in [0.717, 1.165) is 29.6 Å². The Morgan fingerprint density at radius 2 is 1.96 bits per heavy atom. The van der Waals surface area contributed by atoms with Crippen LogP contribution in [0.15, 0.2) is 35.9 Å². The van der Waals surface area contributed by atoms with Crippen LogP contribution in [-0.4, -0.2) is 26.5 Å². The van der Waals surface area contributed by atoms with Gasteiger partial charge in [-0.2, -0.15) is 0 Å². The molecule has 1 heterocycles. The van der Waals surface area contributed by atoms with Crippen molar-refractivity contribution in [2.75, 3.05) is 0 Å². The van der Waals surface area contributed by atoms with E-state index in [1.165, 1.54) is 17.8 Å². The topological polar surface area (TPSA) is 37.3 Å². The molecule has 3 rings (SSSR count). The summed E-state index contributed by atoms with van der Waals surface area (Å²) in [4.78, 5) is 13.3. The molecule has 1 N–H and O–H groups in total. The summed E-state index contributed by atoms with van der Waals surface area (Å²) in [7, 11) is 0. The van der Waals surface area contributed by atoms with Crippen LogP contribution in [0, 0.1) is 17.7 Å². The monoisotopic (exact) mass is 422 g/mol. The van der Waals surface area contributed by atoms with E-state index in [0.29, 0.717) is 0 Å². The van der Waals surface area contributed by atoms with Gasteiger partial charge in [-0.1, -0.05) is 42.3 Å². The molecule has 0 saturated carbocycles. The number of benzene rings is 1. The molecule has 1 saturated heterocycles. The Balaban J connectivity index is 2.07. The number of halogens is 2. The molecule has 3 unspecified atom stereocenters. The van der Waals surface area contributed by atoms with Crippen LogP contribution in [0.5, 0.6) is 0 Å². The summed E-state index contributed by atoms with van der Waals surface area (Å²) in [5.74, 6) is -0.742. The average molecular weight is 423 g/mol. The van der Waals surface area contributed by atoms with E-state index in [4.69, 9.17) is 11.6 Å². The van der Waals surface area contributed by atoms with Crippen LogP contribution in [0.4, 0.5) is 4.39 Å². The zero-order valence-corrected chi connectivity index (χ0v) is 18.6. The summed E-state index contributed by atoms with van der Waals surface area (Å²) in [6.07, 6.45) is 4.97. The minimum atomic E-state index is -0.764. The van der Waals surface area contributed by atoms with Crippen molar-refractivity contribution in [2.24, 2.45) is 11.8 Å². The third kappa shape index (κ3) is 3.83. The summed E-state index contributed by atoms with van der Waals surface area (Å²) < 4.78 is 13.0. The minimum absolute atomic E-state index is 0.0672. The van der Waals surface area contributed by atoms with Gasteiger partial charge in [0.15, 0.2) is 5.78 Å². The SMILES string of the molecule is CCC1CC=C(c2ccc(Cl)c(F)c2)C=C1C1C(=O)C(C)(C)SC(C)(C)C1O. The Hall–Kier alpha value is -1.10. The third-order valence-electron chi connectivity index (χ3n) is 5.94. The molecule has 1 aromatic rings. The van der Waals surface area contributed by atoms with Gasteiger partial charge >= 0.3 is 0 Å². The van der Waals surface area contributed by atoms with Crippen molar-refractivity contribution in [3.63, 3.8) is 0 Å². The number of rotatable bonds is 3. The van der Waals surface area contributed by atoms with Gasteiger partial charge in [-0.25, -0.2) is 4.39 Å². The van der Waals surface area contributed by atoms with Crippen molar-refractivity contribution in [1.29, 1.82) is 0 Å². The van der Waals surface area contributed by atoms with Crippen molar-refractivity contribution < 1.29 is 14.3 Å². The molecule has 3 atom stereocenters. The number of thioether (sulfide) groups is 1. The number of hydrogen-bond acceptors (Lipinski definition) is 3. The van der Waals surface area contributed by atoms with Gasteiger partial charge in [0.1, 0.15) is 5.82 Å². The van der Waals surface area contributed by atoms with Crippen molar-refractivity contribution in [3.8, 4) is 0 Å². The third-order valence-corrected chi connectivity index (χ3v) is 7.73. The van der Waals surface area contributed by atoms with Crippen molar-refractivity contribution in [3.05, 3.63) is 52.3 Å². The Labute approximate surface area is 176 Å². The van der Waals surface area contributed by atoms with Gasteiger partial charge in [0, 0.05) is 4.75 Å². The second-order valence-electron chi connectivity index (χ2n) is 8.78. The van der Waals surface area contributed by atoms with Crippen LogP contribution >= 0.6 is 23.4 Å². The highest BCUT2D eigenvalue weighted by molar-refractivity contribution is 8.02. The zero-order valence-electron chi connectivity index (χ0n) is 17.1. The number of carbonyl (C=O) groups is 1. The number of Topliss-reactive ketones (excluding diaryl/α,β-unsaturated/α-hetero) is 1. The molecule has 0 aromatic heterocycles. The first kappa shape index (κ1) is 21.6. The van der Waals surface area contributed by atoms with Crippen LogP contribution in [0.2, 0.25) is 5.02 Å². The number of allylic oxidation sites excluding steroid dienone is 3. The van der Waals surface area contributed by atoms with E-state index in [1.807, 2.05) is 33.8 Å². The lowest BCUT2D eigenvalue weighted by Gasteiger charge is -2.48. The first-order chi connectivity index (χ1) is 13.0. The van der Waals surface area contributed by atoms with Crippen LogP contribution in [-0.2, 0) is 4.79 Å². The summed E-state index contributed by atoms with van der Waals surface area (Å²) in [6.45, 7) is 9.98. The number of hydrogen-bond donors (Lipinski definition) is 1. The minimum Gasteiger partial charge on any atom is -0.391 e. The highest BCUT2D eigenvalue weighted by Gasteiger charge is 2.53. The highest BCUT2D eigenvalue weighted by Crippen LogP contribution is 2.51. The van der Waals surface area contributed by atoms with Crippen LogP contribution in [0.1, 0.15) is 53.0 Å². The first-order valence-electron chi connectivity index (χ1n) is 9.77. The summed E-state index contributed by atoms with van der Waals surface area (Å²) in [5.41, 5.74) is 2.58. The van der Waals surface area contributed by atoms with Crippen molar-refractivity contribution in [2.45, 2.75) is 63.1 Å². The summed E-state index contributed by atoms with van der Waals surface area (Å²) in [6, 6.07) is 4.77. The highest BCUT2D eigenvalue weighted by atomic mass is 35.5. The molecular weight excluding hydrogens is 395 g/mol. The zero-order chi connectivity index (χ0) is 20.9. The molecule has 152 valence electrons. The maximum atomic E-state index is 14.0. The first-order valence-corrected chi connectivity index (χ1v) is 11.0. The Morgan fingerprint density at radius 1 is 1.29 bits per heavy atom. The van der Waals surface area contributed by atoms with Crippen molar-refractivity contribution >= 4 is 34.7 Å². The molecule has 5 heteroatoms. The van der Waals surface area contributed by atoms with Crippen molar-refractivity contribution in [1.82, 2.24) is 0 Å². The maximum Gasteiger partial charge on any atom is 0.158 e. The van der Waals surface area contributed by atoms with Gasteiger partial charge in [-0.3, -0.25) is 4.79 Å². The smallest absolute Gasteiger partial charge is 0.158 e. The predicted octanol–water partition coefficient (Wildman–Crippen LogP) is 6.07. The maximum absolute atomic E-state index is 14.0. The molecule has 2 aliphatic rings. The Morgan fingerprint density at radius 3 is 2.57 bits per heavy atom. The summed E-state index contributed by atoms with van der Waals surface area (Å²) >= 11 is 7.36. The van der Waals surface area contributed by atoms with E-state index in [9.17, 15) is 14.3 Å². The van der Waals surface area contributed by atoms with E-state index < -0.39 is 27.3 Å². The standard InChI is InChI=1S/C23H28ClFO2S/c1-6-13-7-8-14(15-9-10-17(24)18(25)12-15)11-16(13)19-20(26)22(2,3)28-23(4,5)21(19)27/h8-13,19-20,26H,6-7H2,1-5H3. The number of aliphatic hydroxyl groups is 1. The van der Waals surface area contributed by atoms with Crippen LogP contribution in [0.3, 0.4) is 0 Å². The second kappa shape index (κ2) is 7.62. The fourth-order valence-electron chi connectivity index (χ4n) is 4.41. The van der Waals surface area contributed by atoms with Gasteiger partial charge in [0.2, 0.25) is 0 Å². The molecule has 0 radical (unpaired) electrons. The second-order valence-corrected chi connectivity index (χ2v) is 11.5. The molecule has 28 heavy (non-hydrogen) atoms. The quantitative estimate of drug-likeness (QED) is 0.642. The molecule has 1 aliphatic carbocycles. The molecule has 0 bridgehead atoms. The van der Waals surface area contributed by atoms with Crippen LogP contribution < -0.4 is 0 Å². The van der Waals surface area contributed by atoms with Gasteiger partial charge in [-0.05, 0) is 69.7 Å². The molecule has 2 nitrogen and oxygen atoms in total. The van der Waals surface area contributed by atoms with Gasteiger partial charge in [-0.15, -0.1) is 11.8 Å². The molecular formula is C23H28ClFO2S. The lowest BCUT2D eigenvalue weighted by atomic mass is 9.71. The van der Waals surface area contributed by atoms with E-state index >= 15 is 0 Å². The van der Waals surface area contributed by atoms with Gasteiger partial charge < -0.3 is 5.11 Å². The Kier molecular flexibility index (Phi) is 5.88. The fourth-order valence-corrected chi connectivity index (χ4v) is 6.32.